The van der Waals surface area contributed by atoms with Crippen LogP contribution in [0.15, 0.2) is 34.4 Å². The van der Waals surface area contributed by atoms with Crippen molar-refractivity contribution in [3.8, 4) is 5.75 Å². The molecule has 1 saturated heterocycles. The number of morpholine rings is 1. The Hall–Kier alpha value is -3.28. The lowest BCUT2D eigenvalue weighted by Gasteiger charge is -2.32. The van der Waals surface area contributed by atoms with E-state index in [4.69, 9.17) is 14.2 Å². The molecule has 180 valence electrons. The monoisotopic (exact) mass is 486 g/mol. The molecule has 2 N–H and O–H groups in total. The number of nitrogens with zero attached hydrogens (tertiary/aromatic N) is 2. The van der Waals surface area contributed by atoms with Crippen molar-refractivity contribution in [3.05, 3.63) is 57.0 Å². The summed E-state index contributed by atoms with van der Waals surface area (Å²) >= 11 is 1.28. The summed E-state index contributed by atoms with van der Waals surface area (Å²) in [6.45, 7) is 3.84. The summed E-state index contributed by atoms with van der Waals surface area (Å²) < 4.78 is 16.6. The van der Waals surface area contributed by atoms with E-state index in [1.54, 1.807) is 17.4 Å². The molecule has 4 rings (SSSR count). The second-order valence-corrected chi connectivity index (χ2v) is 8.72. The molecule has 10 nitrogen and oxygen atoms in total. The first-order valence-corrected chi connectivity index (χ1v) is 11.7. The summed E-state index contributed by atoms with van der Waals surface area (Å²) in [5.74, 6) is 0.185. The van der Waals surface area contributed by atoms with Crippen LogP contribution in [0.25, 0.3) is 10.2 Å². The molecule has 1 aliphatic heterocycles. The summed E-state index contributed by atoms with van der Waals surface area (Å²) in [6.07, 6.45) is -0.209. The first kappa shape index (κ1) is 23.9. The SMILES string of the molecule is COc1cccc(CNC(=O)c2nc3scc(COCC4CN(C(C)=O)CCO4)c3c(=O)[nH]2)c1. The van der Waals surface area contributed by atoms with Gasteiger partial charge in [0.05, 0.1) is 38.4 Å². The molecule has 1 aromatic carbocycles. The van der Waals surface area contributed by atoms with Crippen LogP contribution in [-0.2, 0) is 27.4 Å². The molecule has 3 heterocycles. The first-order chi connectivity index (χ1) is 16.4. The fourth-order valence-corrected chi connectivity index (χ4v) is 4.60. The van der Waals surface area contributed by atoms with Gasteiger partial charge >= 0.3 is 0 Å². The van der Waals surface area contributed by atoms with E-state index in [1.165, 1.54) is 18.3 Å². The molecule has 2 aromatic heterocycles. The van der Waals surface area contributed by atoms with Gasteiger partial charge in [-0.15, -0.1) is 11.3 Å². The van der Waals surface area contributed by atoms with Gasteiger partial charge in [-0.1, -0.05) is 12.1 Å². The lowest BCUT2D eigenvalue weighted by molar-refractivity contribution is -0.139. The largest absolute Gasteiger partial charge is 0.497 e. The average molecular weight is 487 g/mol. The van der Waals surface area contributed by atoms with Gasteiger partial charge in [-0.05, 0) is 23.1 Å². The predicted octanol–water partition coefficient (Wildman–Crippen LogP) is 1.69. The molecule has 1 atom stereocenters. The number of rotatable bonds is 8. The molecule has 3 aromatic rings. The van der Waals surface area contributed by atoms with Crippen LogP contribution in [0.4, 0.5) is 0 Å². The van der Waals surface area contributed by atoms with E-state index < -0.39 is 11.5 Å². The van der Waals surface area contributed by atoms with Crippen LogP contribution in [0.3, 0.4) is 0 Å². The van der Waals surface area contributed by atoms with Crippen molar-refractivity contribution in [2.45, 2.75) is 26.2 Å². The zero-order valence-electron chi connectivity index (χ0n) is 19.0. The topological polar surface area (TPSA) is 123 Å². The maximum absolute atomic E-state index is 12.7. The van der Waals surface area contributed by atoms with Gasteiger partial charge in [0.1, 0.15) is 10.6 Å². The number of fused-ring (bicyclic) bond motifs is 1. The van der Waals surface area contributed by atoms with E-state index >= 15 is 0 Å². The summed E-state index contributed by atoms with van der Waals surface area (Å²) in [7, 11) is 1.58. The standard InChI is InChI=1S/C23H26N4O6S/c1-14(28)27-6-7-33-18(10-27)12-32-11-16-13-34-23-19(16)21(29)25-20(26-23)22(30)24-9-15-4-3-5-17(8-15)31-2/h3-5,8,13,18H,6-7,9-12H2,1-2H3,(H,24,30)(H,25,26,29). The average Bonchev–Trinajstić information content (AvgIpc) is 3.26. The number of carbonyl (C=O) groups excluding carboxylic acids is 2. The minimum atomic E-state index is -0.475. The fraction of sp³-hybridized carbons (Fsp3) is 0.391. The molecular weight excluding hydrogens is 460 g/mol. The van der Waals surface area contributed by atoms with Gasteiger partial charge in [-0.2, -0.15) is 0 Å². The molecule has 0 aliphatic carbocycles. The van der Waals surface area contributed by atoms with Crippen LogP contribution >= 0.6 is 11.3 Å². The van der Waals surface area contributed by atoms with Crippen molar-refractivity contribution in [2.75, 3.05) is 33.4 Å². The lowest BCUT2D eigenvalue weighted by Crippen LogP contribution is -2.46. The normalized spacial score (nSPS) is 15.9. The van der Waals surface area contributed by atoms with Gasteiger partial charge in [0.2, 0.25) is 11.7 Å². The Balaban J connectivity index is 1.37. The number of H-pyrrole nitrogens is 1. The van der Waals surface area contributed by atoms with E-state index in [-0.39, 0.29) is 31.0 Å². The van der Waals surface area contributed by atoms with E-state index in [9.17, 15) is 14.4 Å². The number of hydrogen-bond donors (Lipinski definition) is 2. The number of aromatic nitrogens is 2. The quantitative estimate of drug-likeness (QED) is 0.497. The van der Waals surface area contributed by atoms with Gasteiger partial charge < -0.3 is 29.4 Å². The molecule has 1 fully saturated rings. The molecule has 2 amide bonds. The third-order valence-electron chi connectivity index (χ3n) is 5.47. The molecule has 1 unspecified atom stereocenters. The van der Waals surface area contributed by atoms with Crippen LogP contribution in [0.2, 0.25) is 0 Å². The third kappa shape index (κ3) is 5.61. The van der Waals surface area contributed by atoms with Crippen molar-refractivity contribution in [1.82, 2.24) is 20.2 Å². The minimum absolute atomic E-state index is 0.0121. The molecule has 11 heteroatoms. The highest BCUT2D eigenvalue weighted by Crippen LogP contribution is 2.22. The van der Waals surface area contributed by atoms with E-state index in [2.05, 4.69) is 15.3 Å². The second-order valence-electron chi connectivity index (χ2n) is 7.86. The van der Waals surface area contributed by atoms with Crippen molar-refractivity contribution in [3.63, 3.8) is 0 Å². The first-order valence-electron chi connectivity index (χ1n) is 10.8. The second kappa shape index (κ2) is 10.8. The molecule has 0 radical (unpaired) electrons. The number of thiophene rings is 1. The Morgan fingerprint density at radius 2 is 2.24 bits per heavy atom. The van der Waals surface area contributed by atoms with Gasteiger partial charge in [0, 0.05) is 32.1 Å². The molecular formula is C23H26N4O6S. The van der Waals surface area contributed by atoms with Gasteiger partial charge in [0.25, 0.3) is 11.5 Å². The highest BCUT2D eigenvalue weighted by Gasteiger charge is 2.22. The zero-order valence-corrected chi connectivity index (χ0v) is 19.8. The number of nitrogens with one attached hydrogen (secondary N) is 2. The van der Waals surface area contributed by atoms with Gasteiger partial charge in [-0.25, -0.2) is 4.98 Å². The third-order valence-corrected chi connectivity index (χ3v) is 6.39. The molecule has 0 bridgehead atoms. The maximum atomic E-state index is 12.7. The van der Waals surface area contributed by atoms with E-state index in [1.807, 2.05) is 24.3 Å². The summed E-state index contributed by atoms with van der Waals surface area (Å²) in [6, 6.07) is 7.34. The van der Waals surface area contributed by atoms with Gasteiger partial charge in [0.15, 0.2) is 0 Å². The van der Waals surface area contributed by atoms with Crippen molar-refractivity contribution < 1.29 is 23.8 Å². The molecule has 1 aliphatic rings. The molecule has 0 spiro atoms. The summed E-state index contributed by atoms with van der Waals surface area (Å²) in [4.78, 5) is 45.9. The number of benzene rings is 1. The maximum Gasteiger partial charge on any atom is 0.287 e. The van der Waals surface area contributed by atoms with Crippen LogP contribution in [0, 0.1) is 0 Å². The Labute approximate surface area is 199 Å². The number of amides is 2. The number of ether oxygens (including phenoxy) is 3. The van der Waals surface area contributed by atoms with Crippen LogP contribution in [0.5, 0.6) is 5.75 Å². The lowest BCUT2D eigenvalue weighted by atomic mass is 10.2. The number of hydrogen-bond acceptors (Lipinski definition) is 8. The summed E-state index contributed by atoms with van der Waals surface area (Å²) in [5.41, 5.74) is 1.16. The van der Waals surface area contributed by atoms with Crippen molar-refractivity contribution in [1.29, 1.82) is 0 Å². The highest BCUT2D eigenvalue weighted by atomic mass is 32.1. The Morgan fingerprint density at radius 1 is 1.38 bits per heavy atom. The smallest absolute Gasteiger partial charge is 0.287 e. The van der Waals surface area contributed by atoms with Crippen LogP contribution in [-0.4, -0.2) is 66.2 Å². The fourth-order valence-electron chi connectivity index (χ4n) is 3.68. The van der Waals surface area contributed by atoms with E-state index in [0.29, 0.717) is 47.8 Å². The predicted molar refractivity (Wildman–Crippen MR) is 126 cm³/mol. The van der Waals surface area contributed by atoms with Gasteiger partial charge in [-0.3, -0.25) is 14.4 Å². The highest BCUT2D eigenvalue weighted by molar-refractivity contribution is 7.16. The minimum Gasteiger partial charge on any atom is -0.497 e. The number of carbonyl (C=O) groups is 2. The van der Waals surface area contributed by atoms with Crippen molar-refractivity contribution >= 4 is 33.4 Å². The zero-order chi connectivity index (χ0) is 24.1. The number of aromatic amines is 1. The van der Waals surface area contributed by atoms with Crippen LogP contribution in [0.1, 0.15) is 28.7 Å². The Kier molecular flexibility index (Phi) is 7.56. The van der Waals surface area contributed by atoms with E-state index in [0.717, 1.165) is 5.56 Å². The Bertz CT molecular complexity index is 1240. The van der Waals surface area contributed by atoms with Crippen molar-refractivity contribution in [2.24, 2.45) is 0 Å². The summed E-state index contributed by atoms with van der Waals surface area (Å²) in [5, 5.41) is 4.97. The van der Waals surface area contributed by atoms with Crippen LogP contribution < -0.4 is 15.6 Å². The molecule has 0 saturated carbocycles. The number of methoxy groups -OCH3 is 1. The molecule has 34 heavy (non-hydrogen) atoms. The Morgan fingerprint density at radius 3 is 3.03 bits per heavy atom.